The van der Waals surface area contributed by atoms with Crippen molar-refractivity contribution in [3.63, 3.8) is 0 Å². The van der Waals surface area contributed by atoms with Gasteiger partial charge in [-0.2, -0.15) is 0 Å². The Bertz CT molecular complexity index is 1270. The molecule has 0 saturated heterocycles. The van der Waals surface area contributed by atoms with Crippen molar-refractivity contribution >= 4 is 16.9 Å². The molecule has 29 heavy (non-hydrogen) atoms. The van der Waals surface area contributed by atoms with Gasteiger partial charge in [0, 0.05) is 6.54 Å². The normalized spacial score (nSPS) is 15.7. The second-order valence-electron chi connectivity index (χ2n) is 7.40. The fourth-order valence-corrected chi connectivity index (χ4v) is 4.01. The van der Waals surface area contributed by atoms with Crippen LogP contribution < -0.4 is 5.43 Å². The molecule has 0 N–H and O–H groups in total. The van der Waals surface area contributed by atoms with Crippen molar-refractivity contribution in [1.29, 1.82) is 0 Å². The lowest BCUT2D eigenvalue weighted by atomic mass is 9.97. The van der Waals surface area contributed by atoms with E-state index in [-0.39, 0.29) is 17.1 Å². The van der Waals surface area contributed by atoms with Crippen LogP contribution in [0.2, 0.25) is 0 Å². The summed E-state index contributed by atoms with van der Waals surface area (Å²) < 4.78 is 5.95. The summed E-state index contributed by atoms with van der Waals surface area (Å²) in [6.07, 6.45) is 0. The number of aryl methyl sites for hydroxylation is 1. The zero-order valence-corrected chi connectivity index (χ0v) is 16.0. The van der Waals surface area contributed by atoms with Crippen LogP contribution in [0.25, 0.3) is 11.0 Å². The van der Waals surface area contributed by atoms with Crippen molar-refractivity contribution in [2.45, 2.75) is 19.5 Å². The van der Waals surface area contributed by atoms with E-state index in [4.69, 9.17) is 4.42 Å². The minimum Gasteiger partial charge on any atom is -0.450 e. The van der Waals surface area contributed by atoms with Crippen molar-refractivity contribution in [1.82, 2.24) is 4.90 Å². The van der Waals surface area contributed by atoms with Gasteiger partial charge >= 0.3 is 0 Å². The molecule has 1 atom stereocenters. The molecule has 1 aliphatic rings. The molecule has 0 spiro atoms. The molecule has 0 fully saturated rings. The van der Waals surface area contributed by atoms with E-state index < -0.39 is 6.04 Å². The Labute approximate surface area is 168 Å². The Morgan fingerprint density at radius 2 is 1.55 bits per heavy atom. The van der Waals surface area contributed by atoms with Gasteiger partial charge in [0.25, 0.3) is 5.91 Å². The molecule has 0 bridgehead atoms. The van der Waals surface area contributed by atoms with Gasteiger partial charge in [-0.05, 0) is 30.2 Å². The van der Waals surface area contributed by atoms with Crippen LogP contribution in [0.3, 0.4) is 0 Å². The van der Waals surface area contributed by atoms with Crippen molar-refractivity contribution < 1.29 is 9.21 Å². The van der Waals surface area contributed by atoms with Crippen LogP contribution in [0.4, 0.5) is 0 Å². The molecule has 1 aliphatic heterocycles. The predicted molar refractivity (Wildman–Crippen MR) is 112 cm³/mol. The van der Waals surface area contributed by atoms with E-state index in [2.05, 4.69) is 0 Å². The number of fused-ring (bicyclic) bond motifs is 2. The topological polar surface area (TPSA) is 50.5 Å². The van der Waals surface area contributed by atoms with Gasteiger partial charge in [-0.25, -0.2) is 0 Å². The van der Waals surface area contributed by atoms with E-state index in [1.54, 1.807) is 23.1 Å². The number of para-hydroxylation sites is 1. The molecule has 4 heteroatoms. The van der Waals surface area contributed by atoms with Gasteiger partial charge in [0.05, 0.1) is 17.0 Å². The molecule has 0 saturated carbocycles. The van der Waals surface area contributed by atoms with Crippen LogP contribution in [0.5, 0.6) is 0 Å². The average molecular weight is 381 g/mol. The van der Waals surface area contributed by atoms with E-state index in [9.17, 15) is 9.59 Å². The van der Waals surface area contributed by atoms with Crippen LogP contribution in [0, 0.1) is 6.92 Å². The fourth-order valence-electron chi connectivity index (χ4n) is 4.01. The number of hydrogen-bond acceptors (Lipinski definition) is 3. The van der Waals surface area contributed by atoms with Crippen molar-refractivity contribution in [2.24, 2.45) is 0 Å². The highest BCUT2D eigenvalue weighted by Crippen LogP contribution is 2.39. The average Bonchev–Trinajstić information content (AvgIpc) is 3.02. The van der Waals surface area contributed by atoms with Crippen LogP contribution in [0.1, 0.15) is 38.9 Å². The molecule has 1 amide bonds. The molecule has 0 unspecified atom stereocenters. The lowest BCUT2D eigenvalue weighted by Gasteiger charge is -2.25. The van der Waals surface area contributed by atoms with Gasteiger partial charge in [-0.1, -0.05) is 72.3 Å². The third-order valence-corrected chi connectivity index (χ3v) is 5.46. The standard InChI is InChI=1S/C25H19NO3/c1-16-11-13-18(14-12-16)22-21-23(27)19-9-5-6-10-20(19)29-24(21)25(28)26(22)15-17-7-3-2-4-8-17/h2-14,22H,15H2,1H3/t22-/m0/s1. The molecule has 3 aromatic carbocycles. The van der Waals surface area contributed by atoms with Crippen LogP contribution >= 0.6 is 0 Å². The summed E-state index contributed by atoms with van der Waals surface area (Å²) in [5, 5.41) is 0.498. The predicted octanol–water partition coefficient (Wildman–Crippen LogP) is 4.85. The maximum Gasteiger partial charge on any atom is 0.291 e. The Morgan fingerprint density at radius 3 is 2.31 bits per heavy atom. The van der Waals surface area contributed by atoms with Crippen molar-refractivity contribution in [3.05, 3.63) is 117 Å². The zero-order valence-electron chi connectivity index (χ0n) is 16.0. The number of carbonyl (C=O) groups excluding carboxylic acids is 1. The summed E-state index contributed by atoms with van der Waals surface area (Å²) in [4.78, 5) is 28.4. The molecule has 1 aromatic heterocycles. The van der Waals surface area contributed by atoms with Gasteiger partial charge in [0.15, 0.2) is 5.43 Å². The minimum absolute atomic E-state index is 0.142. The third kappa shape index (κ3) is 2.85. The molecule has 142 valence electrons. The highest BCUT2D eigenvalue weighted by atomic mass is 16.3. The summed E-state index contributed by atoms with van der Waals surface area (Å²) >= 11 is 0. The lowest BCUT2D eigenvalue weighted by Crippen LogP contribution is -2.29. The second-order valence-corrected chi connectivity index (χ2v) is 7.40. The smallest absolute Gasteiger partial charge is 0.291 e. The Hall–Kier alpha value is -3.66. The van der Waals surface area contributed by atoms with E-state index in [0.717, 1.165) is 16.7 Å². The van der Waals surface area contributed by atoms with Crippen molar-refractivity contribution in [3.8, 4) is 0 Å². The number of nitrogens with zero attached hydrogens (tertiary/aromatic N) is 1. The number of benzene rings is 3. The number of carbonyl (C=O) groups is 1. The quantitative estimate of drug-likeness (QED) is 0.510. The first-order chi connectivity index (χ1) is 14.1. The number of hydrogen-bond donors (Lipinski definition) is 0. The van der Waals surface area contributed by atoms with Crippen LogP contribution in [-0.2, 0) is 6.54 Å². The Morgan fingerprint density at radius 1 is 0.862 bits per heavy atom. The second kappa shape index (κ2) is 6.74. The number of amides is 1. The summed E-state index contributed by atoms with van der Waals surface area (Å²) in [6.45, 7) is 2.42. The molecule has 0 aliphatic carbocycles. The summed E-state index contributed by atoms with van der Waals surface area (Å²) in [5.74, 6) is -0.104. The summed E-state index contributed by atoms with van der Waals surface area (Å²) in [7, 11) is 0. The van der Waals surface area contributed by atoms with Crippen molar-refractivity contribution in [2.75, 3.05) is 0 Å². The maximum absolute atomic E-state index is 13.4. The first kappa shape index (κ1) is 17.4. The van der Waals surface area contributed by atoms with E-state index in [0.29, 0.717) is 23.1 Å². The molecule has 5 rings (SSSR count). The highest BCUT2D eigenvalue weighted by molar-refractivity contribution is 5.99. The fraction of sp³-hybridized carbons (Fsp3) is 0.120. The highest BCUT2D eigenvalue weighted by Gasteiger charge is 2.42. The Balaban J connectivity index is 1.73. The molecule has 4 aromatic rings. The van der Waals surface area contributed by atoms with Crippen LogP contribution in [0.15, 0.2) is 88.1 Å². The van der Waals surface area contributed by atoms with E-state index in [1.807, 2.05) is 67.6 Å². The largest absolute Gasteiger partial charge is 0.450 e. The summed E-state index contributed by atoms with van der Waals surface area (Å²) in [6, 6.07) is 24.4. The number of rotatable bonds is 3. The van der Waals surface area contributed by atoms with E-state index >= 15 is 0 Å². The van der Waals surface area contributed by atoms with Gasteiger partial charge in [0.1, 0.15) is 5.58 Å². The Kier molecular flexibility index (Phi) is 4.06. The van der Waals surface area contributed by atoms with Gasteiger partial charge in [0.2, 0.25) is 5.76 Å². The molecule has 2 heterocycles. The molecular formula is C25H19NO3. The van der Waals surface area contributed by atoms with Gasteiger partial charge in [-0.3, -0.25) is 9.59 Å². The zero-order chi connectivity index (χ0) is 20.0. The van der Waals surface area contributed by atoms with E-state index in [1.165, 1.54) is 0 Å². The SMILES string of the molecule is Cc1ccc([C@H]2c3c(oc4ccccc4c3=O)C(=O)N2Cc2ccccc2)cc1. The lowest BCUT2D eigenvalue weighted by molar-refractivity contribution is 0.0714. The first-order valence-electron chi connectivity index (χ1n) is 9.60. The van der Waals surface area contributed by atoms with Gasteiger partial charge < -0.3 is 9.32 Å². The monoisotopic (exact) mass is 381 g/mol. The van der Waals surface area contributed by atoms with Gasteiger partial charge in [-0.15, -0.1) is 0 Å². The first-order valence-corrected chi connectivity index (χ1v) is 9.60. The summed E-state index contributed by atoms with van der Waals surface area (Å²) in [5.41, 5.74) is 3.75. The minimum atomic E-state index is -0.473. The molecular weight excluding hydrogens is 362 g/mol. The van der Waals surface area contributed by atoms with Crippen LogP contribution in [-0.4, -0.2) is 10.8 Å². The molecule has 0 radical (unpaired) electrons. The molecule has 4 nitrogen and oxygen atoms in total. The maximum atomic E-state index is 13.4. The third-order valence-electron chi connectivity index (χ3n) is 5.46.